The molecular weight excluding hydrogens is 338 g/mol. The molecule has 138 valence electrons. The van der Waals surface area contributed by atoms with Crippen LogP contribution in [0.15, 0.2) is 29.2 Å². The van der Waals surface area contributed by atoms with Crippen molar-refractivity contribution in [2.75, 3.05) is 39.3 Å². The van der Waals surface area contributed by atoms with Crippen molar-refractivity contribution < 1.29 is 13.2 Å². The Kier molecular flexibility index (Phi) is 6.09. The fourth-order valence-corrected chi connectivity index (χ4v) is 4.93. The first-order valence-electron chi connectivity index (χ1n) is 9.15. The van der Waals surface area contributed by atoms with E-state index in [0.29, 0.717) is 24.4 Å². The second-order valence-corrected chi connectivity index (χ2v) is 8.71. The maximum Gasteiger partial charge on any atom is 0.243 e. The van der Waals surface area contributed by atoms with Crippen LogP contribution >= 0.6 is 0 Å². The number of piperidine rings is 1. The second kappa shape index (κ2) is 8.29. The first-order chi connectivity index (χ1) is 12.1. The van der Waals surface area contributed by atoms with Gasteiger partial charge in [-0.05, 0) is 43.5 Å². The van der Waals surface area contributed by atoms with Gasteiger partial charge in [-0.3, -0.25) is 4.79 Å². The highest BCUT2D eigenvalue weighted by molar-refractivity contribution is 7.89. The number of sulfonamides is 1. The summed E-state index contributed by atoms with van der Waals surface area (Å²) in [6.45, 7) is 4.51. The molecule has 3 rings (SSSR count). The minimum atomic E-state index is -3.40. The fourth-order valence-electron chi connectivity index (χ4n) is 3.42. The highest BCUT2D eigenvalue weighted by Gasteiger charge is 2.25. The Morgan fingerprint density at radius 2 is 1.64 bits per heavy atom. The van der Waals surface area contributed by atoms with Crippen LogP contribution in [0.5, 0.6) is 0 Å². The van der Waals surface area contributed by atoms with E-state index in [-0.39, 0.29) is 5.91 Å². The van der Waals surface area contributed by atoms with Crippen LogP contribution < -0.4 is 5.32 Å². The fraction of sp³-hybridized carbons (Fsp3) is 0.611. The molecule has 0 saturated carbocycles. The van der Waals surface area contributed by atoms with Crippen molar-refractivity contribution in [3.05, 3.63) is 29.8 Å². The first kappa shape index (κ1) is 18.4. The van der Waals surface area contributed by atoms with Crippen molar-refractivity contribution in [1.82, 2.24) is 14.5 Å². The number of nitrogens with zero attached hydrogens (tertiary/aromatic N) is 2. The quantitative estimate of drug-likeness (QED) is 0.871. The number of amides is 1. The van der Waals surface area contributed by atoms with Crippen LogP contribution in [0, 0.1) is 0 Å². The SMILES string of the molecule is O=C(Cc1ccc(S(=O)(=O)N2CCCCC2)cc1)N1CCCNCC1. The Morgan fingerprint density at radius 1 is 0.920 bits per heavy atom. The zero-order valence-electron chi connectivity index (χ0n) is 14.6. The topological polar surface area (TPSA) is 69.7 Å². The van der Waals surface area contributed by atoms with E-state index in [1.807, 2.05) is 4.90 Å². The van der Waals surface area contributed by atoms with Crippen LogP contribution in [0.2, 0.25) is 0 Å². The molecule has 1 N–H and O–H groups in total. The lowest BCUT2D eigenvalue weighted by atomic mass is 10.1. The second-order valence-electron chi connectivity index (χ2n) is 6.77. The standard InChI is InChI=1S/C18H27N3O3S/c22-18(20-11-4-9-19-10-14-20)15-16-5-7-17(8-6-16)25(23,24)21-12-2-1-3-13-21/h5-8,19H,1-4,9-15H2. The average Bonchev–Trinajstić information content (AvgIpc) is 2.92. The van der Waals surface area contributed by atoms with Crippen molar-refractivity contribution in [3.63, 3.8) is 0 Å². The van der Waals surface area contributed by atoms with Gasteiger partial charge in [0.1, 0.15) is 0 Å². The maximum atomic E-state index is 12.7. The number of hydrogen-bond acceptors (Lipinski definition) is 4. The summed E-state index contributed by atoms with van der Waals surface area (Å²) in [5.41, 5.74) is 0.861. The van der Waals surface area contributed by atoms with Gasteiger partial charge in [0.25, 0.3) is 0 Å². The summed E-state index contributed by atoms with van der Waals surface area (Å²) < 4.78 is 26.9. The zero-order chi connectivity index (χ0) is 17.7. The summed E-state index contributed by atoms with van der Waals surface area (Å²) >= 11 is 0. The number of benzene rings is 1. The Hall–Kier alpha value is -1.44. The van der Waals surface area contributed by atoms with E-state index in [9.17, 15) is 13.2 Å². The molecule has 0 radical (unpaired) electrons. The Labute approximate surface area is 150 Å². The minimum absolute atomic E-state index is 0.107. The van der Waals surface area contributed by atoms with Crippen LogP contribution in [-0.4, -0.2) is 62.8 Å². The highest BCUT2D eigenvalue weighted by atomic mass is 32.2. The summed E-state index contributed by atoms with van der Waals surface area (Å²) in [6, 6.07) is 6.81. The molecule has 1 aromatic rings. The number of rotatable bonds is 4. The molecule has 0 aliphatic carbocycles. The van der Waals surface area contributed by atoms with Crippen molar-refractivity contribution in [2.24, 2.45) is 0 Å². The Bertz CT molecular complexity index is 674. The summed E-state index contributed by atoms with van der Waals surface area (Å²) in [7, 11) is -3.40. The third-order valence-corrected chi connectivity index (χ3v) is 6.84. The Morgan fingerprint density at radius 3 is 2.36 bits per heavy atom. The molecule has 1 amide bonds. The van der Waals surface area contributed by atoms with Gasteiger partial charge in [-0.2, -0.15) is 4.31 Å². The third kappa shape index (κ3) is 4.59. The van der Waals surface area contributed by atoms with Gasteiger partial charge in [-0.25, -0.2) is 8.42 Å². The van der Waals surface area contributed by atoms with Crippen LogP contribution in [0.3, 0.4) is 0 Å². The lowest BCUT2D eigenvalue weighted by Gasteiger charge is -2.26. The van der Waals surface area contributed by atoms with Crippen LogP contribution in [0.4, 0.5) is 0 Å². The molecule has 25 heavy (non-hydrogen) atoms. The normalized spacial score (nSPS) is 20.2. The van der Waals surface area contributed by atoms with E-state index < -0.39 is 10.0 Å². The molecule has 2 heterocycles. The summed E-state index contributed by atoms with van der Waals surface area (Å²) in [5, 5.41) is 3.29. The summed E-state index contributed by atoms with van der Waals surface area (Å²) in [4.78, 5) is 14.6. The number of nitrogens with one attached hydrogen (secondary N) is 1. The molecule has 0 bridgehead atoms. The molecule has 1 aromatic carbocycles. The lowest BCUT2D eigenvalue weighted by Crippen LogP contribution is -2.35. The molecule has 0 spiro atoms. The van der Waals surface area contributed by atoms with Crippen LogP contribution in [0.25, 0.3) is 0 Å². The molecule has 7 heteroatoms. The van der Waals surface area contributed by atoms with E-state index in [2.05, 4.69) is 5.32 Å². The first-order valence-corrected chi connectivity index (χ1v) is 10.6. The van der Waals surface area contributed by atoms with E-state index in [4.69, 9.17) is 0 Å². The van der Waals surface area contributed by atoms with Gasteiger partial charge in [0, 0.05) is 32.7 Å². The molecule has 2 aliphatic heterocycles. The zero-order valence-corrected chi connectivity index (χ0v) is 15.4. The average molecular weight is 365 g/mol. The van der Waals surface area contributed by atoms with Crippen molar-refractivity contribution in [3.8, 4) is 0 Å². The van der Waals surface area contributed by atoms with E-state index in [1.165, 1.54) is 0 Å². The number of carbonyl (C=O) groups is 1. The number of carbonyl (C=O) groups excluding carboxylic acids is 1. The number of hydrogen-bond donors (Lipinski definition) is 1. The lowest BCUT2D eigenvalue weighted by molar-refractivity contribution is -0.130. The smallest absolute Gasteiger partial charge is 0.243 e. The van der Waals surface area contributed by atoms with E-state index in [0.717, 1.165) is 57.4 Å². The molecule has 0 aromatic heterocycles. The van der Waals surface area contributed by atoms with E-state index in [1.54, 1.807) is 28.6 Å². The largest absolute Gasteiger partial charge is 0.341 e. The van der Waals surface area contributed by atoms with Gasteiger partial charge in [-0.1, -0.05) is 18.6 Å². The van der Waals surface area contributed by atoms with Gasteiger partial charge in [0.2, 0.25) is 15.9 Å². The van der Waals surface area contributed by atoms with Crippen molar-refractivity contribution in [1.29, 1.82) is 0 Å². The van der Waals surface area contributed by atoms with Gasteiger partial charge in [0.05, 0.1) is 11.3 Å². The van der Waals surface area contributed by atoms with Gasteiger partial charge < -0.3 is 10.2 Å². The molecular formula is C18H27N3O3S. The summed E-state index contributed by atoms with van der Waals surface area (Å²) in [5.74, 6) is 0.107. The summed E-state index contributed by atoms with van der Waals surface area (Å²) in [6.07, 6.45) is 4.24. The molecule has 2 saturated heterocycles. The Balaban J connectivity index is 1.64. The van der Waals surface area contributed by atoms with Gasteiger partial charge in [0.15, 0.2) is 0 Å². The van der Waals surface area contributed by atoms with E-state index >= 15 is 0 Å². The molecule has 0 atom stereocenters. The van der Waals surface area contributed by atoms with Gasteiger partial charge in [-0.15, -0.1) is 0 Å². The van der Waals surface area contributed by atoms with Gasteiger partial charge >= 0.3 is 0 Å². The van der Waals surface area contributed by atoms with Crippen molar-refractivity contribution >= 4 is 15.9 Å². The van der Waals surface area contributed by atoms with Crippen molar-refractivity contribution in [2.45, 2.75) is 37.0 Å². The minimum Gasteiger partial charge on any atom is -0.341 e. The maximum absolute atomic E-state index is 12.7. The monoisotopic (exact) mass is 365 g/mol. The van der Waals surface area contributed by atoms with Crippen LogP contribution in [0.1, 0.15) is 31.2 Å². The van der Waals surface area contributed by atoms with Crippen LogP contribution in [-0.2, 0) is 21.2 Å². The third-order valence-electron chi connectivity index (χ3n) is 4.92. The molecule has 0 unspecified atom stereocenters. The highest BCUT2D eigenvalue weighted by Crippen LogP contribution is 2.21. The molecule has 2 fully saturated rings. The predicted molar refractivity (Wildman–Crippen MR) is 96.8 cm³/mol. The predicted octanol–water partition coefficient (Wildman–Crippen LogP) is 1.23. The molecule has 6 nitrogen and oxygen atoms in total. The molecule has 2 aliphatic rings.